The van der Waals surface area contributed by atoms with Crippen molar-refractivity contribution in [1.82, 2.24) is 10.2 Å². The summed E-state index contributed by atoms with van der Waals surface area (Å²) < 4.78 is 27.6. The molecule has 0 radical (unpaired) electrons. The van der Waals surface area contributed by atoms with Crippen molar-refractivity contribution in [3.05, 3.63) is 34.4 Å². The summed E-state index contributed by atoms with van der Waals surface area (Å²) in [6, 6.07) is 6.94. The van der Waals surface area contributed by atoms with Crippen molar-refractivity contribution < 1.29 is 8.78 Å². The fourth-order valence-electron chi connectivity index (χ4n) is 1.58. The van der Waals surface area contributed by atoms with Crippen LogP contribution < -0.4 is 5.73 Å². The van der Waals surface area contributed by atoms with Crippen LogP contribution in [0, 0.1) is 0 Å². The van der Waals surface area contributed by atoms with Crippen LogP contribution in [0.1, 0.15) is 12.6 Å². The second kappa shape index (κ2) is 4.10. The number of nitrogen functional groups attached to an aromatic ring is 1. The van der Waals surface area contributed by atoms with Crippen LogP contribution in [0.2, 0.25) is 0 Å². The number of anilines is 1. The number of nitrogens with two attached hydrogens (primary N) is 1. The van der Waals surface area contributed by atoms with Crippen LogP contribution in [0.3, 0.4) is 0 Å². The second-order valence-corrected chi connectivity index (χ2v) is 4.67. The summed E-state index contributed by atoms with van der Waals surface area (Å²) in [7, 11) is 0. The van der Waals surface area contributed by atoms with Gasteiger partial charge in [0.2, 0.25) is 0 Å². The molecule has 0 saturated heterocycles. The number of benzene rings is 1. The van der Waals surface area contributed by atoms with Crippen LogP contribution in [0.15, 0.2) is 28.7 Å². The predicted octanol–water partition coefficient (Wildman–Crippen LogP) is 3.53. The number of halogens is 3. The molecule has 0 fully saturated rings. The molecule has 0 bridgehead atoms. The van der Waals surface area contributed by atoms with Crippen molar-refractivity contribution in [2.45, 2.75) is 12.8 Å². The van der Waals surface area contributed by atoms with E-state index < -0.39 is 5.92 Å². The Balaban J connectivity index is 2.59. The average molecular weight is 302 g/mol. The molecule has 3 nitrogen and oxygen atoms in total. The Kier molecular flexibility index (Phi) is 2.91. The predicted molar refractivity (Wildman–Crippen MR) is 65.7 cm³/mol. The van der Waals surface area contributed by atoms with Gasteiger partial charge in [-0.2, -0.15) is 13.9 Å². The monoisotopic (exact) mass is 301 g/mol. The van der Waals surface area contributed by atoms with Crippen molar-refractivity contribution in [1.29, 1.82) is 0 Å². The Morgan fingerprint density at radius 3 is 2.41 bits per heavy atom. The summed E-state index contributed by atoms with van der Waals surface area (Å²) in [5.41, 5.74) is 6.22. The van der Waals surface area contributed by atoms with Crippen molar-refractivity contribution >= 4 is 21.7 Å². The van der Waals surface area contributed by atoms with Crippen LogP contribution in [0.25, 0.3) is 11.1 Å². The van der Waals surface area contributed by atoms with Gasteiger partial charge < -0.3 is 5.73 Å². The molecule has 90 valence electrons. The molecule has 2 aromatic rings. The fourth-order valence-corrected chi connectivity index (χ4v) is 1.85. The minimum absolute atomic E-state index is 0.0730. The largest absolute Gasteiger partial charge is 0.382 e. The molecule has 0 amide bonds. The molecule has 2 rings (SSSR count). The topological polar surface area (TPSA) is 54.7 Å². The third-order valence-electron chi connectivity index (χ3n) is 2.37. The molecule has 0 saturated carbocycles. The van der Waals surface area contributed by atoms with Crippen LogP contribution in [-0.4, -0.2) is 10.2 Å². The molecule has 0 atom stereocenters. The van der Waals surface area contributed by atoms with Crippen LogP contribution >= 0.6 is 15.9 Å². The normalized spacial score (nSPS) is 11.8. The van der Waals surface area contributed by atoms with Crippen LogP contribution in [0.4, 0.5) is 14.6 Å². The quantitative estimate of drug-likeness (QED) is 0.891. The first-order chi connectivity index (χ1) is 7.89. The molecule has 0 aliphatic carbocycles. The van der Waals surface area contributed by atoms with Crippen molar-refractivity contribution in [2.75, 3.05) is 5.73 Å². The molecule has 0 unspecified atom stereocenters. The summed E-state index contributed by atoms with van der Waals surface area (Å²) in [6.45, 7) is 0.808. The van der Waals surface area contributed by atoms with E-state index in [2.05, 4.69) is 26.1 Å². The Morgan fingerprint density at radius 2 is 1.88 bits per heavy atom. The number of hydrogen-bond donors (Lipinski definition) is 2. The zero-order chi connectivity index (χ0) is 12.6. The maximum atomic E-state index is 13.4. The lowest BCUT2D eigenvalue weighted by Gasteiger charge is -2.11. The lowest BCUT2D eigenvalue weighted by atomic mass is 10.0. The van der Waals surface area contributed by atoms with Gasteiger partial charge in [0.1, 0.15) is 5.69 Å². The second-order valence-electron chi connectivity index (χ2n) is 3.75. The zero-order valence-corrected chi connectivity index (χ0v) is 10.6. The van der Waals surface area contributed by atoms with E-state index in [-0.39, 0.29) is 17.1 Å². The molecule has 1 aromatic heterocycles. The number of H-pyrrole nitrogens is 1. The Bertz CT molecular complexity index is 529. The van der Waals surface area contributed by atoms with E-state index in [1.165, 1.54) is 0 Å². The van der Waals surface area contributed by atoms with Gasteiger partial charge >= 0.3 is 0 Å². The van der Waals surface area contributed by atoms with E-state index >= 15 is 0 Å². The van der Waals surface area contributed by atoms with Gasteiger partial charge in [0.15, 0.2) is 5.82 Å². The third-order valence-corrected chi connectivity index (χ3v) is 2.89. The number of nitrogens with zero attached hydrogens (tertiary/aromatic N) is 1. The van der Waals surface area contributed by atoms with Crippen molar-refractivity contribution in [2.24, 2.45) is 0 Å². The first kappa shape index (κ1) is 12.0. The fraction of sp³-hybridized carbons (Fsp3) is 0.182. The highest BCUT2D eigenvalue weighted by Gasteiger charge is 2.31. The number of rotatable bonds is 2. The summed E-state index contributed by atoms with van der Waals surface area (Å²) in [4.78, 5) is 0. The Morgan fingerprint density at radius 1 is 1.29 bits per heavy atom. The van der Waals surface area contributed by atoms with Gasteiger partial charge in [0, 0.05) is 11.4 Å². The van der Waals surface area contributed by atoms with Gasteiger partial charge in [-0.05, 0) is 17.7 Å². The standard InChI is InChI=1S/C11H10BrF2N3/c1-11(13,14)9-8(10(15)17-16-9)6-2-4-7(12)5-3-6/h2-5H,1H3,(H3,15,16,17). The lowest BCUT2D eigenvalue weighted by Crippen LogP contribution is -2.09. The highest BCUT2D eigenvalue weighted by Crippen LogP contribution is 2.37. The highest BCUT2D eigenvalue weighted by atomic mass is 79.9. The maximum absolute atomic E-state index is 13.4. The zero-order valence-electron chi connectivity index (χ0n) is 8.97. The Hall–Kier alpha value is -1.43. The minimum Gasteiger partial charge on any atom is -0.382 e. The molecule has 0 spiro atoms. The number of aromatic amines is 1. The molecule has 0 aliphatic rings. The van der Waals surface area contributed by atoms with E-state index in [9.17, 15) is 8.78 Å². The molecule has 6 heteroatoms. The third kappa shape index (κ3) is 2.31. The molecule has 1 heterocycles. The van der Waals surface area contributed by atoms with Crippen molar-refractivity contribution in [3.63, 3.8) is 0 Å². The maximum Gasteiger partial charge on any atom is 0.287 e. The van der Waals surface area contributed by atoms with Crippen molar-refractivity contribution in [3.8, 4) is 11.1 Å². The van der Waals surface area contributed by atoms with E-state index in [0.717, 1.165) is 11.4 Å². The summed E-state index contributed by atoms with van der Waals surface area (Å²) in [5, 5.41) is 5.93. The molecule has 17 heavy (non-hydrogen) atoms. The first-order valence-corrected chi connectivity index (χ1v) is 5.67. The molecule has 3 N–H and O–H groups in total. The number of nitrogens with one attached hydrogen (secondary N) is 1. The number of hydrogen-bond acceptors (Lipinski definition) is 2. The van der Waals surface area contributed by atoms with Gasteiger partial charge in [-0.25, -0.2) is 0 Å². The van der Waals surface area contributed by atoms with E-state index in [0.29, 0.717) is 5.56 Å². The van der Waals surface area contributed by atoms with Gasteiger partial charge in [-0.15, -0.1) is 0 Å². The molecule has 1 aromatic carbocycles. The SMILES string of the molecule is CC(F)(F)c1[nH]nc(N)c1-c1ccc(Br)cc1. The number of alkyl halides is 2. The average Bonchev–Trinajstić information content (AvgIpc) is 2.61. The van der Waals surface area contributed by atoms with Gasteiger partial charge in [0.05, 0.1) is 5.56 Å². The van der Waals surface area contributed by atoms with E-state index in [1.807, 2.05) is 0 Å². The lowest BCUT2D eigenvalue weighted by molar-refractivity contribution is 0.0133. The van der Waals surface area contributed by atoms with Gasteiger partial charge in [0.25, 0.3) is 5.92 Å². The van der Waals surface area contributed by atoms with Crippen LogP contribution in [0.5, 0.6) is 0 Å². The molecular weight excluding hydrogens is 292 g/mol. The molecule has 0 aliphatic heterocycles. The highest BCUT2D eigenvalue weighted by molar-refractivity contribution is 9.10. The van der Waals surface area contributed by atoms with Gasteiger partial charge in [-0.1, -0.05) is 28.1 Å². The smallest absolute Gasteiger partial charge is 0.287 e. The van der Waals surface area contributed by atoms with Gasteiger partial charge in [-0.3, -0.25) is 5.10 Å². The summed E-state index contributed by atoms with van der Waals surface area (Å²) >= 11 is 3.28. The first-order valence-electron chi connectivity index (χ1n) is 4.87. The number of aromatic nitrogens is 2. The van der Waals surface area contributed by atoms with Crippen LogP contribution in [-0.2, 0) is 5.92 Å². The molecular formula is C11H10BrF2N3. The minimum atomic E-state index is -3.01. The Labute approximate surface area is 105 Å². The van der Waals surface area contributed by atoms with E-state index in [1.54, 1.807) is 24.3 Å². The summed E-state index contributed by atoms with van der Waals surface area (Å²) in [6.07, 6.45) is 0. The van der Waals surface area contributed by atoms with E-state index in [4.69, 9.17) is 5.73 Å². The summed E-state index contributed by atoms with van der Waals surface area (Å²) in [5.74, 6) is -2.93.